The normalized spacial score (nSPS) is 29.6. The summed E-state index contributed by atoms with van der Waals surface area (Å²) in [7, 11) is 0. The van der Waals surface area contributed by atoms with Crippen LogP contribution >= 0.6 is 0 Å². The number of ether oxygens (including phenoxy) is 1. The van der Waals surface area contributed by atoms with Crippen LogP contribution in [0.4, 0.5) is 0 Å². The molecule has 20 heavy (non-hydrogen) atoms. The zero-order valence-corrected chi connectivity index (χ0v) is 11.7. The van der Waals surface area contributed by atoms with Gasteiger partial charge in [0.15, 0.2) is 0 Å². The minimum absolute atomic E-state index is 0.168. The van der Waals surface area contributed by atoms with E-state index in [9.17, 15) is 4.79 Å². The second kappa shape index (κ2) is 6.89. The molecule has 1 aromatic carbocycles. The molecular weight excluding hydrogens is 250 g/mol. The first kappa shape index (κ1) is 8.18. The first-order chi connectivity index (χ1) is 12.3. The van der Waals surface area contributed by atoms with Gasteiger partial charge >= 0.3 is 5.97 Å². The van der Waals surface area contributed by atoms with Crippen molar-refractivity contribution in [2.45, 2.75) is 32.6 Å². The Morgan fingerprint density at radius 3 is 2.70 bits per heavy atom. The molecule has 1 aliphatic rings. The van der Waals surface area contributed by atoms with E-state index in [1.807, 2.05) is 30.3 Å². The van der Waals surface area contributed by atoms with Crippen LogP contribution in [0.5, 0.6) is 0 Å². The number of carbonyl (C=O) groups is 1. The van der Waals surface area contributed by atoms with Gasteiger partial charge in [-0.25, -0.2) is 0 Å². The monoisotopic (exact) mass is 282 g/mol. The van der Waals surface area contributed by atoms with Crippen molar-refractivity contribution in [3.63, 3.8) is 0 Å². The number of likely N-dealkylation sites (tertiary alicyclic amines) is 1. The van der Waals surface area contributed by atoms with Crippen LogP contribution in [-0.4, -0.2) is 37.4 Å². The fraction of sp³-hybridized carbons (Fsp3) is 0.588. The fourth-order valence-corrected chi connectivity index (χ4v) is 2.47. The molecule has 0 N–H and O–H groups in total. The van der Waals surface area contributed by atoms with Crippen molar-refractivity contribution in [1.29, 1.82) is 0 Å². The summed E-state index contributed by atoms with van der Waals surface area (Å²) >= 11 is 0. The van der Waals surface area contributed by atoms with Crippen molar-refractivity contribution < 1.29 is 19.1 Å². The third-order valence-electron chi connectivity index (χ3n) is 3.47. The molecule has 0 aromatic heterocycles. The molecule has 0 radical (unpaired) electrons. The summed E-state index contributed by atoms with van der Waals surface area (Å²) in [5.74, 6) is -0.539. The molecule has 1 aromatic rings. The van der Waals surface area contributed by atoms with Gasteiger partial charge in [0.05, 0.1) is 13.0 Å². The maximum atomic E-state index is 12.2. The van der Waals surface area contributed by atoms with Crippen LogP contribution in [0, 0.1) is 5.41 Å². The molecule has 1 heterocycles. The molecule has 0 saturated carbocycles. The number of hydrogen-bond donors (Lipinski definition) is 0. The van der Waals surface area contributed by atoms with Crippen molar-refractivity contribution in [2.75, 3.05) is 26.6 Å². The summed E-state index contributed by atoms with van der Waals surface area (Å²) in [6, 6.07) is 9.11. The highest BCUT2D eigenvalue weighted by atomic mass is 16.5. The number of piperidine rings is 1. The molecule has 0 bridgehead atoms. The van der Waals surface area contributed by atoms with Crippen LogP contribution in [0.15, 0.2) is 30.3 Å². The predicted octanol–water partition coefficient (Wildman–Crippen LogP) is 2.89. The lowest BCUT2D eigenvalue weighted by molar-refractivity contribution is -0.146. The molecule has 1 fully saturated rings. The van der Waals surface area contributed by atoms with Crippen LogP contribution in [0.3, 0.4) is 0 Å². The highest BCUT2D eigenvalue weighted by Crippen LogP contribution is 2.38. The van der Waals surface area contributed by atoms with Gasteiger partial charge in [0.1, 0.15) is 0 Å². The number of carbonyl (C=O) groups excluding carboxylic acids is 1. The average Bonchev–Trinajstić information content (AvgIpc) is 2.42. The highest BCUT2D eigenvalue weighted by Gasteiger charge is 2.36. The van der Waals surface area contributed by atoms with E-state index in [0.717, 1.165) is 5.56 Å². The van der Waals surface area contributed by atoms with Gasteiger partial charge in [-0.3, -0.25) is 4.79 Å². The Kier molecular flexibility index (Phi) is 2.82. The molecule has 0 atom stereocenters. The van der Waals surface area contributed by atoms with Gasteiger partial charge in [0, 0.05) is 9.60 Å². The Labute approximate surface area is 131 Å². The maximum Gasteiger partial charge on any atom is 0.306 e. The topological polar surface area (TPSA) is 29.5 Å². The number of esters is 1. The van der Waals surface area contributed by atoms with E-state index in [2.05, 4.69) is 0 Å². The van der Waals surface area contributed by atoms with E-state index in [4.69, 9.17) is 14.3 Å². The first-order valence-corrected chi connectivity index (χ1v) is 6.81. The van der Waals surface area contributed by atoms with Crippen molar-refractivity contribution in [2.24, 2.45) is 5.41 Å². The molecule has 0 unspecified atom stereocenters. The number of nitrogens with zero attached hydrogens (tertiary/aromatic N) is 1. The van der Waals surface area contributed by atoms with E-state index in [-0.39, 0.29) is 32.3 Å². The second-order valence-corrected chi connectivity index (χ2v) is 5.15. The first-order valence-electron chi connectivity index (χ1n) is 10.3. The quantitative estimate of drug-likeness (QED) is 0.778. The molecule has 0 aliphatic carbocycles. The van der Waals surface area contributed by atoms with Crippen LogP contribution in [0.1, 0.15) is 41.3 Å². The second-order valence-electron chi connectivity index (χ2n) is 5.15. The van der Waals surface area contributed by atoms with Crippen molar-refractivity contribution in [3.8, 4) is 0 Å². The van der Waals surface area contributed by atoms with E-state index in [1.54, 1.807) is 6.92 Å². The summed E-state index contributed by atoms with van der Waals surface area (Å²) in [5, 5.41) is 0. The largest absolute Gasteiger partial charge is 0.466 e. The maximum absolute atomic E-state index is 12.2. The van der Waals surface area contributed by atoms with Gasteiger partial charge in [0.2, 0.25) is 0 Å². The number of benzene rings is 1. The lowest BCUT2D eigenvalue weighted by Gasteiger charge is -2.40. The highest BCUT2D eigenvalue weighted by molar-refractivity contribution is 5.70. The third-order valence-corrected chi connectivity index (χ3v) is 3.47. The summed E-state index contributed by atoms with van der Waals surface area (Å²) < 4.78 is 61.0. The van der Waals surface area contributed by atoms with E-state index >= 15 is 0 Å². The third kappa shape index (κ3) is 4.07. The number of hydrogen-bond acceptors (Lipinski definition) is 3. The van der Waals surface area contributed by atoms with Gasteiger partial charge in [-0.2, -0.15) is 0 Å². The molecule has 3 nitrogen and oxygen atoms in total. The van der Waals surface area contributed by atoms with Gasteiger partial charge in [-0.15, -0.1) is 0 Å². The Balaban J connectivity index is 2.45. The van der Waals surface area contributed by atoms with Gasteiger partial charge < -0.3 is 9.64 Å². The van der Waals surface area contributed by atoms with Gasteiger partial charge in [0.25, 0.3) is 0 Å². The van der Waals surface area contributed by atoms with Crippen LogP contribution in [0.2, 0.25) is 0 Å². The Bertz CT molecular complexity index is 643. The Morgan fingerprint density at radius 1 is 1.40 bits per heavy atom. The lowest BCUT2D eigenvalue weighted by Crippen LogP contribution is -2.40. The molecule has 1 aliphatic heterocycles. The van der Waals surface area contributed by atoms with Crippen molar-refractivity contribution >= 4 is 5.97 Å². The molecule has 3 heteroatoms. The molecule has 0 spiro atoms. The zero-order chi connectivity index (χ0) is 20.5. The van der Waals surface area contributed by atoms with Gasteiger partial charge in [-0.1, -0.05) is 30.3 Å². The minimum atomic E-state index is -2.93. The van der Waals surface area contributed by atoms with Crippen molar-refractivity contribution in [1.82, 2.24) is 4.90 Å². The minimum Gasteiger partial charge on any atom is -0.466 e. The molecule has 1 saturated heterocycles. The van der Waals surface area contributed by atoms with E-state index < -0.39 is 31.4 Å². The molecule has 0 amide bonds. The zero-order valence-electron chi connectivity index (χ0n) is 18.7. The molecule has 110 valence electrons. The Hall–Kier alpha value is -1.35. The van der Waals surface area contributed by atoms with E-state index in [0.29, 0.717) is 4.90 Å². The van der Waals surface area contributed by atoms with Crippen LogP contribution in [0.25, 0.3) is 0 Å². The number of rotatable bonds is 5. The average molecular weight is 282 g/mol. The smallest absolute Gasteiger partial charge is 0.306 e. The van der Waals surface area contributed by atoms with Crippen LogP contribution in [-0.2, 0) is 16.0 Å². The Morgan fingerprint density at radius 2 is 2.10 bits per heavy atom. The SMILES string of the molecule is [2H]C([2H])([2H])N1C([2H])([2H])CC(CC(=O)OCC)(Cc2ccccc2)CC1([2H])[2H]. The molecular formula is C17H25NO2. The van der Waals surface area contributed by atoms with Crippen LogP contribution < -0.4 is 0 Å². The standard InChI is InChI=1S/C17H25NO2/c1-3-20-16(19)14-17(9-11-18(2)12-10-17)13-15-7-5-4-6-8-15/h4-8H,3,9-14H2,1-2H3/i2D3,11D2,12D2. The molecule has 2 rings (SSSR count). The fourth-order valence-electron chi connectivity index (χ4n) is 2.47. The lowest BCUT2D eigenvalue weighted by atomic mass is 9.71. The summed E-state index contributed by atoms with van der Waals surface area (Å²) in [6.07, 6.45) is -0.499. The van der Waals surface area contributed by atoms with Crippen molar-refractivity contribution in [3.05, 3.63) is 35.9 Å². The summed E-state index contributed by atoms with van der Waals surface area (Å²) in [4.78, 5) is 12.5. The summed E-state index contributed by atoms with van der Waals surface area (Å²) in [6.45, 7) is -6.00. The van der Waals surface area contributed by atoms with E-state index in [1.165, 1.54) is 0 Å². The predicted molar refractivity (Wildman–Crippen MR) is 80.6 cm³/mol. The summed E-state index contributed by atoms with van der Waals surface area (Å²) in [5.41, 5.74) is -0.266. The van der Waals surface area contributed by atoms with Gasteiger partial charge in [-0.05, 0) is 57.1 Å².